The number of amides is 1. The first-order chi connectivity index (χ1) is 7.16. The molecule has 0 bridgehead atoms. The summed E-state index contributed by atoms with van der Waals surface area (Å²) in [5.74, 6) is 0.742. The molecule has 15 heavy (non-hydrogen) atoms. The second-order valence-corrected chi connectivity index (χ2v) is 4.19. The summed E-state index contributed by atoms with van der Waals surface area (Å²) < 4.78 is 0. The van der Waals surface area contributed by atoms with E-state index in [-0.39, 0.29) is 5.91 Å². The van der Waals surface area contributed by atoms with E-state index in [0.29, 0.717) is 5.69 Å². The minimum atomic E-state index is 0.00926. The molecule has 0 N–H and O–H groups in total. The predicted molar refractivity (Wildman–Crippen MR) is 55.3 cm³/mol. The number of hydrogen-bond acceptors (Lipinski definition) is 3. The number of piperidine rings is 1. The molecule has 0 aromatic carbocycles. The normalized spacial score (nSPS) is 18.1. The molecule has 0 aliphatic carbocycles. The zero-order chi connectivity index (χ0) is 10.8. The predicted octanol–water partition coefficient (Wildman–Crippen LogP) is 0.687. The van der Waals surface area contributed by atoms with Gasteiger partial charge in [0, 0.05) is 20.1 Å². The Morgan fingerprint density at radius 1 is 1.47 bits per heavy atom. The minimum Gasteiger partial charge on any atom is -0.337 e. The standard InChI is InChI=1S/C10H16N4O/c1-8-3-5-14(6-4-8)10(15)9-7-11-13(2)12-9/h7-8H,3-6H2,1-2H3. The van der Waals surface area contributed by atoms with Crippen molar-refractivity contribution in [3.05, 3.63) is 11.9 Å². The first kappa shape index (κ1) is 10.1. The van der Waals surface area contributed by atoms with Gasteiger partial charge in [0.05, 0.1) is 6.20 Å². The lowest BCUT2D eigenvalue weighted by molar-refractivity contribution is 0.0690. The van der Waals surface area contributed by atoms with Gasteiger partial charge in [-0.25, -0.2) is 0 Å². The van der Waals surface area contributed by atoms with Crippen LogP contribution in [0.25, 0.3) is 0 Å². The lowest BCUT2D eigenvalue weighted by Crippen LogP contribution is -2.38. The Bertz CT molecular complexity index is 352. The van der Waals surface area contributed by atoms with E-state index in [1.807, 2.05) is 4.90 Å². The Labute approximate surface area is 89.1 Å². The van der Waals surface area contributed by atoms with Gasteiger partial charge in [-0.1, -0.05) is 6.92 Å². The molecule has 1 aliphatic rings. The van der Waals surface area contributed by atoms with Crippen LogP contribution < -0.4 is 0 Å². The number of carbonyl (C=O) groups is 1. The zero-order valence-corrected chi connectivity index (χ0v) is 9.18. The zero-order valence-electron chi connectivity index (χ0n) is 9.18. The molecule has 0 radical (unpaired) electrons. The van der Waals surface area contributed by atoms with Crippen molar-refractivity contribution in [1.82, 2.24) is 19.9 Å². The summed E-state index contributed by atoms with van der Waals surface area (Å²) >= 11 is 0. The topological polar surface area (TPSA) is 51.0 Å². The molecule has 1 amide bonds. The van der Waals surface area contributed by atoms with Gasteiger partial charge in [0.15, 0.2) is 5.69 Å². The Balaban J connectivity index is 2.02. The van der Waals surface area contributed by atoms with Crippen LogP contribution in [-0.2, 0) is 7.05 Å². The van der Waals surface area contributed by atoms with Crippen molar-refractivity contribution in [2.75, 3.05) is 13.1 Å². The van der Waals surface area contributed by atoms with Crippen molar-refractivity contribution >= 4 is 5.91 Å². The fourth-order valence-corrected chi connectivity index (χ4v) is 1.82. The lowest BCUT2D eigenvalue weighted by atomic mass is 9.99. The molecule has 5 nitrogen and oxygen atoms in total. The molecule has 0 unspecified atom stereocenters. The number of likely N-dealkylation sites (tertiary alicyclic amines) is 1. The van der Waals surface area contributed by atoms with Gasteiger partial charge in [-0.05, 0) is 18.8 Å². The highest BCUT2D eigenvalue weighted by Crippen LogP contribution is 2.17. The third kappa shape index (κ3) is 2.16. The molecule has 1 aromatic rings. The summed E-state index contributed by atoms with van der Waals surface area (Å²) in [4.78, 5) is 15.2. The number of carbonyl (C=O) groups excluding carboxylic acids is 1. The SMILES string of the molecule is CC1CCN(C(=O)c2cnn(C)n2)CC1. The van der Waals surface area contributed by atoms with Gasteiger partial charge in [-0.2, -0.15) is 9.90 Å². The average Bonchev–Trinajstić information content (AvgIpc) is 2.65. The molecule has 82 valence electrons. The highest BCUT2D eigenvalue weighted by atomic mass is 16.2. The van der Waals surface area contributed by atoms with E-state index in [4.69, 9.17) is 0 Å². The van der Waals surface area contributed by atoms with Gasteiger partial charge in [0.2, 0.25) is 0 Å². The lowest BCUT2D eigenvalue weighted by Gasteiger charge is -2.29. The van der Waals surface area contributed by atoms with Crippen LogP contribution in [0.1, 0.15) is 30.3 Å². The van der Waals surface area contributed by atoms with E-state index in [0.717, 1.165) is 31.8 Å². The van der Waals surface area contributed by atoms with E-state index in [2.05, 4.69) is 17.1 Å². The monoisotopic (exact) mass is 208 g/mol. The third-order valence-electron chi connectivity index (χ3n) is 2.89. The average molecular weight is 208 g/mol. The van der Waals surface area contributed by atoms with Crippen molar-refractivity contribution in [3.63, 3.8) is 0 Å². The van der Waals surface area contributed by atoms with Crippen LogP contribution in [0.15, 0.2) is 6.20 Å². The molecule has 0 spiro atoms. The van der Waals surface area contributed by atoms with Crippen molar-refractivity contribution in [3.8, 4) is 0 Å². The maximum absolute atomic E-state index is 11.9. The maximum atomic E-state index is 11.9. The second-order valence-electron chi connectivity index (χ2n) is 4.19. The minimum absolute atomic E-state index is 0.00926. The summed E-state index contributed by atoms with van der Waals surface area (Å²) in [6.45, 7) is 3.91. The quantitative estimate of drug-likeness (QED) is 0.682. The summed E-state index contributed by atoms with van der Waals surface area (Å²) in [6, 6.07) is 0. The Hall–Kier alpha value is -1.39. The number of aryl methyl sites for hydroxylation is 1. The molecule has 1 fully saturated rings. The summed E-state index contributed by atoms with van der Waals surface area (Å²) in [5, 5.41) is 7.92. The largest absolute Gasteiger partial charge is 0.337 e. The van der Waals surface area contributed by atoms with E-state index in [1.54, 1.807) is 7.05 Å². The van der Waals surface area contributed by atoms with Crippen LogP contribution in [0.5, 0.6) is 0 Å². The van der Waals surface area contributed by atoms with Crippen LogP contribution >= 0.6 is 0 Å². The molecule has 5 heteroatoms. The molecular weight excluding hydrogens is 192 g/mol. The number of rotatable bonds is 1. The smallest absolute Gasteiger partial charge is 0.276 e. The van der Waals surface area contributed by atoms with Gasteiger partial charge in [-0.3, -0.25) is 4.79 Å². The van der Waals surface area contributed by atoms with Crippen LogP contribution in [0.4, 0.5) is 0 Å². The van der Waals surface area contributed by atoms with Crippen LogP contribution in [0, 0.1) is 5.92 Å². The fourth-order valence-electron chi connectivity index (χ4n) is 1.82. The van der Waals surface area contributed by atoms with E-state index in [9.17, 15) is 4.79 Å². The Morgan fingerprint density at radius 3 is 2.67 bits per heavy atom. The molecule has 2 rings (SSSR count). The van der Waals surface area contributed by atoms with Gasteiger partial charge in [0.25, 0.3) is 5.91 Å². The fraction of sp³-hybridized carbons (Fsp3) is 0.700. The molecular formula is C10H16N4O. The molecule has 1 aromatic heterocycles. The second kappa shape index (κ2) is 4.00. The Kier molecular flexibility index (Phi) is 2.70. The maximum Gasteiger partial charge on any atom is 0.276 e. The van der Waals surface area contributed by atoms with Crippen LogP contribution in [-0.4, -0.2) is 38.9 Å². The van der Waals surface area contributed by atoms with Gasteiger partial charge < -0.3 is 4.90 Å². The van der Waals surface area contributed by atoms with Crippen molar-refractivity contribution in [2.24, 2.45) is 13.0 Å². The molecule has 1 saturated heterocycles. The number of nitrogens with zero attached hydrogens (tertiary/aromatic N) is 4. The van der Waals surface area contributed by atoms with Gasteiger partial charge in [0.1, 0.15) is 0 Å². The molecule has 0 saturated carbocycles. The molecule has 2 heterocycles. The highest BCUT2D eigenvalue weighted by molar-refractivity contribution is 5.91. The highest BCUT2D eigenvalue weighted by Gasteiger charge is 2.22. The van der Waals surface area contributed by atoms with E-state index >= 15 is 0 Å². The molecule has 0 atom stereocenters. The van der Waals surface area contributed by atoms with Crippen LogP contribution in [0.3, 0.4) is 0 Å². The van der Waals surface area contributed by atoms with Crippen molar-refractivity contribution in [1.29, 1.82) is 0 Å². The van der Waals surface area contributed by atoms with Crippen molar-refractivity contribution in [2.45, 2.75) is 19.8 Å². The number of hydrogen-bond donors (Lipinski definition) is 0. The van der Waals surface area contributed by atoms with Crippen molar-refractivity contribution < 1.29 is 4.79 Å². The summed E-state index contributed by atoms with van der Waals surface area (Å²) in [7, 11) is 1.72. The van der Waals surface area contributed by atoms with Gasteiger partial charge in [-0.15, -0.1) is 5.10 Å². The first-order valence-electron chi connectivity index (χ1n) is 5.32. The number of aromatic nitrogens is 3. The summed E-state index contributed by atoms with van der Waals surface area (Å²) in [5.41, 5.74) is 0.451. The Morgan fingerprint density at radius 2 is 2.13 bits per heavy atom. The van der Waals surface area contributed by atoms with E-state index in [1.165, 1.54) is 11.0 Å². The first-order valence-corrected chi connectivity index (χ1v) is 5.32. The third-order valence-corrected chi connectivity index (χ3v) is 2.89. The van der Waals surface area contributed by atoms with Gasteiger partial charge >= 0.3 is 0 Å². The molecule has 1 aliphatic heterocycles. The summed E-state index contributed by atoms with van der Waals surface area (Å²) in [6.07, 6.45) is 3.71. The van der Waals surface area contributed by atoms with E-state index < -0.39 is 0 Å². The van der Waals surface area contributed by atoms with Crippen LogP contribution in [0.2, 0.25) is 0 Å².